The number of hydrogen-bond acceptors (Lipinski definition) is 12. The second kappa shape index (κ2) is 10.2. The van der Waals surface area contributed by atoms with E-state index in [0.717, 1.165) is 6.92 Å². The normalized spacial score (nSPS) is 33.8. The number of aliphatic hydroxyl groups excluding tert-OH is 7. The van der Waals surface area contributed by atoms with E-state index in [1.807, 2.05) is 0 Å². The molecule has 0 aromatic rings. The molecular formula is C14H24O12. The quantitative estimate of drug-likeness (QED) is 0.147. The number of rotatable bonds is 9. The van der Waals surface area contributed by atoms with Crippen LogP contribution in [0.4, 0.5) is 0 Å². The highest BCUT2D eigenvalue weighted by atomic mass is 16.7. The largest absolute Gasteiger partial charge is 0.452 e. The summed E-state index contributed by atoms with van der Waals surface area (Å²) in [4.78, 5) is 22.0. The molecule has 9 atom stereocenters. The zero-order valence-electron chi connectivity index (χ0n) is 13.9. The molecule has 1 heterocycles. The predicted molar refractivity (Wildman–Crippen MR) is 79.4 cm³/mol. The van der Waals surface area contributed by atoms with E-state index in [2.05, 4.69) is 4.74 Å². The minimum absolute atomic E-state index is 0.0693. The maximum absolute atomic E-state index is 11.0. The molecule has 26 heavy (non-hydrogen) atoms. The highest BCUT2D eigenvalue weighted by Crippen LogP contribution is 2.25. The van der Waals surface area contributed by atoms with Crippen molar-refractivity contribution in [3.05, 3.63) is 0 Å². The van der Waals surface area contributed by atoms with E-state index >= 15 is 0 Å². The van der Waals surface area contributed by atoms with Crippen molar-refractivity contribution in [2.45, 2.75) is 62.0 Å². The highest BCUT2D eigenvalue weighted by molar-refractivity contribution is 5.70. The van der Waals surface area contributed by atoms with Crippen LogP contribution >= 0.6 is 0 Å². The Balaban J connectivity index is 2.99. The molecule has 7 N–H and O–H groups in total. The van der Waals surface area contributed by atoms with Crippen molar-refractivity contribution in [2.75, 3.05) is 13.2 Å². The summed E-state index contributed by atoms with van der Waals surface area (Å²) >= 11 is 0. The van der Waals surface area contributed by atoms with Crippen molar-refractivity contribution in [1.82, 2.24) is 0 Å². The number of esters is 1. The Bertz CT molecular complexity index is 457. The molecule has 0 unspecified atom stereocenters. The van der Waals surface area contributed by atoms with Crippen molar-refractivity contribution in [3.63, 3.8) is 0 Å². The third-order valence-corrected chi connectivity index (χ3v) is 3.82. The third kappa shape index (κ3) is 5.39. The van der Waals surface area contributed by atoms with E-state index in [9.17, 15) is 35.1 Å². The first-order valence-electron chi connectivity index (χ1n) is 7.73. The average molecular weight is 384 g/mol. The Morgan fingerprint density at radius 2 is 1.77 bits per heavy atom. The molecular weight excluding hydrogens is 360 g/mol. The number of carbonyl (C=O) groups is 2. The van der Waals surface area contributed by atoms with Gasteiger partial charge in [-0.2, -0.15) is 0 Å². The molecule has 1 fully saturated rings. The number of carbonyl (C=O) groups excluding carboxylic acids is 2. The second-order valence-electron chi connectivity index (χ2n) is 5.75. The van der Waals surface area contributed by atoms with Gasteiger partial charge in [-0.1, -0.05) is 0 Å². The molecule has 152 valence electrons. The van der Waals surface area contributed by atoms with Crippen molar-refractivity contribution in [2.24, 2.45) is 0 Å². The minimum atomic E-state index is -1.97. The van der Waals surface area contributed by atoms with Crippen molar-refractivity contribution in [1.29, 1.82) is 0 Å². The van der Waals surface area contributed by atoms with Crippen LogP contribution in [0.2, 0.25) is 0 Å². The van der Waals surface area contributed by atoms with Crippen LogP contribution < -0.4 is 0 Å². The Morgan fingerprint density at radius 1 is 1.15 bits per heavy atom. The lowest BCUT2D eigenvalue weighted by molar-refractivity contribution is -0.326. The van der Waals surface area contributed by atoms with E-state index in [1.165, 1.54) is 0 Å². The third-order valence-electron chi connectivity index (χ3n) is 3.82. The topological polar surface area (TPSA) is 203 Å². The van der Waals surface area contributed by atoms with Gasteiger partial charge in [-0.3, -0.25) is 9.59 Å². The maximum Gasteiger partial charge on any atom is 0.303 e. The van der Waals surface area contributed by atoms with Crippen molar-refractivity contribution in [3.8, 4) is 0 Å². The molecule has 0 spiro atoms. The van der Waals surface area contributed by atoms with Gasteiger partial charge in [0, 0.05) is 6.92 Å². The number of ether oxygens (including phenoxy) is 3. The van der Waals surface area contributed by atoms with Gasteiger partial charge in [-0.05, 0) is 0 Å². The van der Waals surface area contributed by atoms with Crippen LogP contribution in [0.3, 0.4) is 0 Å². The van der Waals surface area contributed by atoms with E-state index < -0.39 is 74.3 Å². The fourth-order valence-corrected chi connectivity index (χ4v) is 2.39. The van der Waals surface area contributed by atoms with Crippen LogP contribution in [-0.2, 0) is 23.8 Å². The Hall–Kier alpha value is -1.22. The standard InChI is InChI=1S/C14H24O12/c1-5(18)24-8(4-17)10(21)13(6(19)2-15)26-14-12(23)11(22)9(20)7(3-16)25-14/h4,6-16,19-23H,2-3H2,1H3/t6-,7-,8+,9-,10-,11+,12-,13-,14-/m1/s1. The summed E-state index contributed by atoms with van der Waals surface area (Å²) in [5.74, 6) is -0.911. The van der Waals surface area contributed by atoms with Gasteiger partial charge >= 0.3 is 5.97 Å². The molecule has 0 aromatic heterocycles. The second-order valence-corrected chi connectivity index (χ2v) is 5.75. The average Bonchev–Trinajstić information content (AvgIpc) is 2.62. The van der Waals surface area contributed by atoms with Crippen LogP contribution in [-0.4, -0.2) is 116 Å². The summed E-state index contributed by atoms with van der Waals surface area (Å²) in [6, 6.07) is 0. The van der Waals surface area contributed by atoms with Gasteiger partial charge < -0.3 is 50.0 Å². The van der Waals surface area contributed by atoms with Crippen LogP contribution in [0, 0.1) is 0 Å². The SMILES string of the molecule is CC(=O)O[C@@H](C=O)[C@@H](O)[C@H](O[C@H]1O[C@H](CO)[C@@H](O)[C@H](O)[C@H]1O)[C@H](O)CO. The maximum atomic E-state index is 11.0. The molecule has 1 rings (SSSR count). The fraction of sp³-hybridized carbons (Fsp3) is 0.857. The first kappa shape index (κ1) is 22.8. The van der Waals surface area contributed by atoms with Gasteiger partial charge in [0.2, 0.25) is 0 Å². The lowest BCUT2D eigenvalue weighted by Crippen LogP contribution is -2.61. The smallest absolute Gasteiger partial charge is 0.303 e. The molecule has 1 aliphatic heterocycles. The summed E-state index contributed by atoms with van der Waals surface area (Å²) in [6.07, 6.45) is -15.6. The molecule has 1 aliphatic rings. The zero-order valence-corrected chi connectivity index (χ0v) is 13.9. The van der Waals surface area contributed by atoms with E-state index in [4.69, 9.17) is 19.7 Å². The van der Waals surface area contributed by atoms with Crippen LogP contribution in [0.15, 0.2) is 0 Å². The van der Waals surface area contributed by atoms with Crippen LogP contribution in [0.1, 0.15) is 6.92 Å². The van der Waals surface area contributed by atoms with E-state index in [-0.39, 0.29) is 6.29 Å². The van der Waals surface area contributed by atoms with Crippen LogP contribution in [0.25, 0.3) is 0 Å². The molecule has 0 amide bonds. The Kier molecular flexibility index (Phi) is 8.95. The summed E-state index contributed by atoms with van der Waals surface area (Å²) in [7, 11) is 0. The number of hydrogen-bond donors (Lipinski definition) is 7. The lowest BCUT2D eigenvalue weighted by Gasteiger charge is -2.42. The molecule has 0 aromatic carbocycles. The van der Waals surface area contributed by atoms with Gasteiger partial charge in [0.15, 0.2) is 18.7 Å². The molecule has 0 bridgehead atoms. The summed E-state index contributed by atoms with van der Waals surface area (Å²) in [5, 5.41) is 67.6. The molecule has 12 heteroatoms. The van der Waals surface area contributed by atoms with Crippen molar-refractivity contribution >= 4 is 12.3 Å². The summed E-state index contributed by atoms with van der Waals surface area (Å²) in [5.41, 5.74) is 0. The zero-order chi connectivity index (χ0) is 20.0. The van der Waals surface area contributed by atoms with Gasteiger partial charge in [0.1, 0.15) is 42.7 Å². The molecule has 0 saturated carbocycles. The summed E-state index contributed by atoms with van der Waals surface area (Å²) in [6.45, 7) is -0.713. The van der Waals surface area contributed by atoms with E-state index in [0.29, 0.717) is 0 Å². The number of aliphatic hydroxyl groups is 7. The van der Waals surface area contributed by atoms with Gasteiger partial charge in [-0.25, -0.2) is 0 Å². The van der Waals surface area contributed by atoms with Gasteiger partial charge in [0.25, 0.3) is 0 Å². The highest BCUT2D eigenvalue weighted by Gasteiger charge is 2.47. The molecule has 0 radical (unpaired) electrons. The van der Waals surface area contributed by atoms with E-state index in [1.54, 1.807) is 0 Å². The first-order chi connectivity index (χ1) is 12.2. The van der Waals surface area contributed by atoms with Crippen LogP contribution in [0.5, 0.6) is 0 Å². The lowest BCUT2D eigenvalue weighted by atomic mass is 9.98. The minimum Gasteiger partial charge on any atom is -0.452 e. The predicted octanol–water partition coefficient (Wildman–Crippen LogP) is -4.98. The molecule has 12 nitrogen and oxygen atoms in total. The van der Waals surface area contributed by atoms with Gasteiger partial charge in [-0.15, -0.1) is 0 Å². The van der Waals surface area contributed by atoms with Gasteiger partial charge in [0.05, 0.1) is 13.2 Å². The number of aldehydes is 1. The Labute approximate surface area is 148 Å². The first-order valence-corrected chi connectivity index (χ1v) is 7.73. The molecule has 0 aliphatic carbocycles. The summed E-state index contributed by atoms with van der Waals surface area (Å²) < 4.78 is 14.8. The fourth-order valence-electron chi connectivity index (χ4n) is 2.39. The van der Waals surface area contributed by atoms with Crippen molar-refractivity contribution < 1.29 is 59.5 Å². The monoisotopic (exact) mass is 384 g/mol. The molecule has 1 saturated heterocycles. The Morgan fingerprint density at radius 3 is 2.23 bits per heavy atom.